The van der Waals surface area contributed by atoms with Gasteiger partial charge in [-0.2, -0.15) is 4.98 Å². The summed E-state index contributed by atoms with van der Waals surface area (Å²) >= 11 is 0. The third kappa shape index (κ3) is 2.49. The molecule has 0 bridgehead atoms. The van der Waals surface area contributed by atoms with Crippen molar-refractivity contribution in [3.8, 4) is 0 Å². The highest BCUT2D eigenvalue weighted by Gasteiger charge is 2.28. The number of aromatic nitrogens is 4. The average molecular weight is 276 g/mol. The molecular weight excluding hydrogens is 256 g/mol. The van der Waals surface area contributed by atoms with Crippen LogP contribution < -0.4 is 11.1 Å². The van der Waals surface area contributed by atoms with E-state index in [1.807, 2.05) is 26.8 Å². The summed E-state index contributed by atoms with van der Waals surface area (Å²) in [5, 5.41) is 7.14. The summed E-state index contributed by atoms with van der Waals surface area (Å²) in [5.74, 6) is 0.220. The van der Waals surface area contributed by atoms with Gasteiger partial charge in [0.1, 0.15) is 0 Å². The van der Waals surface area contributed by atoms with Gasteiger partial charge in [-0.3, -0.25) is 4.79 Å². The molecule has 0 saturated carbocycles. The zero-order valence-corrected chi connectivity index (χ0v) is 12.1. The smallest absolute Gasteiger partial charge is 0.291 e. The second-order valence-corrected chi connectivity index (χ2v) is 4.88. The van der Waals surface area contributed by atoms with Crippen LogP contribution in [0, 0.1) is 6.92 Å². The molecule has 0 aliphatic heterocycles. The molecule has 108 valence electrons. The monoisotopic (exact) mass is 276 g/mol. The highest BCUT2D eigenvalue weighted by Crippen LogP contribution is 2.14. The van der Waals surface area contributed by atoms with Crippen LogP contribution in [-0.4, -0.2) is 37.6 Å². The van der Waals surface area contributed by atoms with Gasteiger partial charge in [0, 0.05) is 18.4 Å². The van der Waals surface area contributed by atoms with Crippen molar-refractivity contribution in [1.29, 1.82) is 0 Å². The zero-order valence-electron chi connectivity index (χ0n) is 12.1. The fraction of sp³-hybridized carbons (Fsp3) is 0.538. The van der Waals surface area contributed by atoms with Gasteiger partial charge >= 0.3 is 0 Å². The van der Waals surface area contributed by atoms with Crippen molar-refractivity contribution < 1.29 is 4.79 Å². The van der Waals surface area contributed by atoms with Crippen LogP contribution in [0.3, 0.4) is 0 Å². The summed E-state index contributed by atoms with van der Waals surface area (Å²) in [6, 6.07) is 1.81. The predicted octanol–water partition coefficient (Wildman–Crippen LogP) is 0.680. The Labute approximate surface area is 117 Å². The zero-order chi connectivity index (χ0) is 14.8. The summed E-state index contributed by atoms with van der Waals surface area (Å²) in [6.45, 7) is 6.27. The number of nitrogens with one attached hydrogen (secondary N) is 1. The first-order valence-corrected chi connectivity index (χ1v) is 6.76. The lowest BCUT2D eigenvalue weighted by molar-refractivity contribution is 0.0884. The van der Waals surface area contributed by atoms with E-state index in [1.165, 1.54) is 0 Å². The highest BCUT2D eigenvalue weighted by molar-refractivity contribution is 5.91. The lowest BCUT2D eigenvalue weighted by Crippen LogP contribution is -2.53. The Morgan fingerprint density at radius 1 is 1.45 bits per heavy atom. The number of nitrogens with two attached hydrogens (primary N) is 1. The molecule has 0 radical (unpaired) electrons. The van der Waals surface area contributed by atoms with Gasteiger partial charge in [0.15, 0.2) is 0 Å². The standard InChI is InChI=1S/C13H20N6O/c1-4-13(5-2,8-14)17-11(20)10-16-12-15-7-6-9(3)19(12)18-10/h6-7H,4-5,8,14H2,1-3H3,(H,17,20). The highest BCUT2D eigenvalue weighted by atomic mass is 16.2. The van der Waals surface area contributed by atoms with Crippen LogP contribution in [0.5, 0.6) is 0 Å². The molecule has 0 saturated heterocycles. The van der Waals surface area contributed by atoms with Crippen molar-refractivity contribution in [2.45, 2.75) is 39.2 Å². The molecule has 1 amide bonds. The van der Waals surface area contributed by atoms with E-state index in [1.54, 1.807) is 10.7 Å². The SMILES string of the molecule is CCC(CC)(CN)NC(=O)c1nc2nccc(C)n2n1. The maximum atomic E-state index is 12.3. The first kappa shape index (κ1) is 14.4. The molecule has 0 aliphatic rings. The van der Waals surface area contributed by atoms with Crippen molar-refractivity contribution in [1.82, 2.24) is 24.9 Å². The van der Waals surface area contributed by atoms with Crippen molar-refractivity contribution in [3.63, 3.8) is 0 Å². The lowest BCUT2D eigenvalue weighted by Gasteiger charge is -2.30. The van der Waals surface area contributed by atoms with Crippen molar-refractivity contribution in [3.05, 3.63) is 23.8 Å². The van der Waals surface area contributed by atoms with Gasteiger partial charge in [0.2, 0.25) is 5.82 Å². The Kier molecular flexibility index (Phi) is 3.99. The minimum absolute atomic E-state index is 0.117. The molecule has 0 atom stereocenters. The molecule has 20 heavy (non-hydrogen) atoms. The van der Waals surface area contributed by atoms with Crippen molar-refractivity contribution in [2.24, 2.45) is 5.73 Å². The molecule has 7 heteroatoms. The van der Waals surface area contributed by atoms with Gasteiger partial charge in [-0.05, 0) is 25.8 Å². The van der Waals surface area contributed by atoms with Crippen molar-refractivity contribution >= 4 is 11.7 Å². The molecular formula is C13H20N6O. The molecule has 0 fully saturated rings. The number of hydrogen-bond acceptors (Lipinski definition) is 5. The fourth-order valence-electron chi connectivity index (χ4n) is 2.07. The first-order chi connectivity index (χ1) is 9.55. The summed E-state index contributed by atoms with van der Waals surface area (Å²) < 4.78 is 1.55. The van der Waals surface area contributed by atoms with Crippen LogP contribution >= 0.6 is 0 Å². The molecule has 0 unspecified atom stereocenters. The molecule has 0 aliphatic carbocycles. The van der Waals surface area contributed by atoms with Gasteiger partial charge in [-0.1, -0.05) is 13.8 Å². The Bertz CT molecular complexity index is 608. The summed E-state index contributed by atoms with van der Waals surface area (Å²) in [7, 11) is 0. The molecule has 0 spiro atoms. The quantitative estimate of drug-likeness (QED) is 0.836. The van der Waals surface area contributed by atoms with Crippen LogP contribution in [0.15, 0.2) is 12.3 Å². The topological polar surface area (TPSA) is 98.2 Å². The minimum atomic E-state index is -0.406. The molecule has 2 aromatic rings. The fourth-order valence-corrected chi connectivity index (χ4v) is 2.07. The Balaban J connectivity index is 2.30. The maximum absolute atomic E-state index is 12.3. The number of nitrogens with zero attached hydrogens (tertiary/aromatic N) is 4. The second-order valence-electron chi connectivity index (χ2n) is 4.88. The van der Waals surface area contributed by atoms with Gasteiger partial charge in [0.05, 0.1) is 5.54 Å². The number of amides is 1. The Morgan fingerprint density at radius 2 is 2.15 bits per heavy atom. The van der Waals surface area contributed by atoms with E-state index in [9.17, 15) is 4.79 Å². The largest absolute Gasteiger partial charge is 0.343 e. The molecule has 7 nitrogen and oxygen atoms in total. The van der Waals surface area contributed by atoms with E-state index in [4.69, 9.17) is 5.73 Å². The van der Waals surface area contributed by atoms with E-state index in [-0.39, 0.29) is 11.7 Å². The van der Waals surface area contributed by atoms with Gasteiger partial charge < -0.3 is 11.1 Å². The number of carbonyl (C=O) groups excluding carboxylic acids is 1. The number of fused-ring (bicyclic) bond motifs is 1. The number of carbonyl (C=O) groups is 1. The Morgan fingerprint density at radius 3 is 2.70 bits per heavy atom. The molecule has 2 aromatic heterocycles. The van der Waals surface area contributed by atoms with Gasteiger partial charge in [-0.25, -0.2) is 9.50 Å². The van der Waals surface area contributed by atoms with Crippen molar-refractivity contribution in [2.75, 3.05) is 6.54 Å². The predicted molar refractivity (Wildman–Crippen MR) is 75.4 cm³/mol. The maximum Gasteiger partial charge on any atom is 0.291 e. The molecule has 2 rings (SSSR count). The third-order valence-corrected chi connectivity index (χ3v) is 3.76. The van der Waals surface area contributed by atoms with E-state index in [0.29, 0.717) is 12.3 Å². The van der Waals surface area contributed by atoms with Crippen LogP contribution in [0.4, 0.5) is 0 Å². The van der Waals surface area contributed by atoms with E-state index in [0.717, 1.165) is 18.5 Å². The van der Waals surface area contributed by atoms with Crippen LogP contribution in [0.1, 0.15) is 43.0 Å². The van der Waals surface area contributed by atoms with E-state index < -0.39 is 5.54 Å². The second kappa shape index (κ2) is 5.54. The molecule has 0 aromatic carbocycles. The number of aryl methyl sites for hydroxylation is 1. The third-order valence-electron chi connectivity index (χ3n) is 3.76. The summed E-state index contributed by atoms with van der Waals surface area (Å²) in [6.07, 6.45) is 3.16. The molecule has 2 heterocycles. The minimum Gasteiger partial charge on any atom is -0.343 e. The van der Waals surface area contributed by atoms with E-state index in [2.05, 4.69) is 20.4 Å². The van der Waals surface area contributed by atoms with Crippen LogP contribution in [0.25, 0.3) is 5.78 Å². The van der Waals surface area contributed by atoms with E-state index >= 15 is 0 Å². The number of hydrogen-bond donors (Lipinski definition) is 2. The van der Waals surface area contributed by atoms with Crippen LogP contribution in [0.2, 0.25) is 0 Å². The lowest BCUT2D eigenvalue weighted by atomic mass is 9.93. The van der Waals surface area contributed by atoms with Gasteiger partial charge in [0.25, 0.3) is 11.7 Å². The number of rotatable bonds is 5. The molecule has 3 N–H and O–H groups in total. The van der Waals surface area contributed by atoms with Gasteiger partial charge in [-0.15, -0.1) is 5.10 Å². The summed E-state index contributed by atoms with van der Waals surface area (Å²) in [4.78, 5) is 20.5. The normalized spacial score (nSPS) is 11.8. The summed E-state index contributed by atoms with van der Waals surface area (Å²) in [5.41, 5.74) is 6.25. The Hall–Kier alpha value is -2.02. The van der Waals surface area contributed by atoms with Crippen LogP contribution in [-0.2, 0) is 0 Å². The average Bonchev–Trinajstić information content (AvgIpc) is 2.90. The first-order valence-electron chi connectivity index (χ1n) is 6.76.